The van der Waals surface area contributed by atoms with Crippen molar-refractivity contribution in [2.24, 2.45) is 17.8 Å². The highest BCUT2D eigenvalue weighted by Gasteiger charge is 2.52. The summed E-state index contributed by atoms with van der Waals surface area (Å²) < 4.78 is 0. The molecule has 0 radical (unpaired) electrons. The van der Waals surface area contributed by atoms with Gasteiger partial charge in [0, 0.05) is 17.3 Å². The highest BCUT2D eigenvalue weighted by Crippen LogP contribution is 2.62. The van der Waals surface area contributed by atoms with Crippen LogP contribution in [0.3, 0.4) is 0 Å². The molecule has 0 unspecified atom stereocenters. The summed E-state index contributed by atoms with van der Waals surface area (Å²) in [7, 11) is 0. The predicted octanol–water partition coefficient (Wildman–Crippen LogP) is 5.96. The number of hydrogen-bond donors (Lipinski definition) is 1. The summed E-state index contributed by atoms with van der Waals surface area (Å²) in [5.74, 6) is 3.14. The van der Waals surface area contributed by atoms with E-state index in [0.717, 1.165) is 29.0 Å². The molecule has 4 saturated carbocycles. The molecule has 4 bridgehead atoms. The molecule has 134 valence electrons. The van der Waals surface area contributed by atoms with Crippen molar-refractivity contribution >= 4 is 6.08 Å². The number of rotatable bonds is 3. The summed E-state index contributed by atoms with van der Waals surface area (Å²) in [4.78, 5) is 4.54. The Hall–Kier alpha value is -2.09. The van der Waals surface area contributed by atoms with Crippen molar-refractivity contribution in [3.8, 4) is 16.9 Å². The molecule has 26 heavy (non-hydrogen) atoms. The molecule has 0 atom stereocenters. The minimum absolute atomic E-state index is 0.215. The van der Waals surface area contributed by atoms with Gasteiger partial charge in [-0.3, -0.25) is 4.98 Å². The van der Waals surface area contributed by atoms with Crippen molar-refractivity contribution in [3.05, 3.63) is 53.9 Å². The fourth-order valence-corrected chi connectivity index (χ4v) is 6.43. The topological polar surface area (TPSA) is 33.1 Å². The third kappa shape index (κ3) is 2.58. The van der Waals surface area contributed by atoms with Crippen LogP contribution in [0, 0.1) is 17.8 Å². The second-order valence-electron chi connectivity index (χ2n) is 8.90. The number of phenolic OH excluding ortho intramolecular Hbond substituents is 1. The molecule has 2 heteroatoms. The highest BCUT2D eigenvalue weighted by atomic mass is 16.3. The Labute approximate surface area is 156 Å². The van der Waals surface area contributed by atoms with Crippen LogP contribution in [0.15, 0.2) is 42.6 Å². The lowest BCUT2D eigenvalue weighted by Gasteiger charge is -2.57. The first kappa shape index (κ1) is 16.1. The number of phenols is 1. The molecular formula is C24H27NO. The summed E-state index contributed by atoms with van der Waals surface area (Å²) in [5, 5.41) is 10.7. The number of nitrogens with zero attached hydrogens (tertiary/aromatic N) is 1. The zero-order valence-corrected chi connectivity index (χ0v) is 15.5. The number of benzene rings is 1. The Bertz CT molecular complexity index is 814. The van der Waals surface area contributed by atoms with Crippen LogP contribution < -0.4 is 0 Å². The summed E-state index contributed by atoms with van der Waals surface area (Å²) in [6.45, 7) is 2.01. The van der Waals surface area contributed by atoms with E-state index in [1.807, 2.05) is 37.4 Å². The van der Waals surface area contributed by atoms with E-state index in [1.54, 1.807) is 0 Å². The number of allylic oxidation sites excluding steroid dienone is 1. The Morgan fingerprint density at radius 1 is 0.962 bits per heavy atom. The van der Waals surface area contributed by atoms with Gasteiger partial charge in [0.2, 0.25) is 0 Å². The van der Waals surface area contributed by atoms with E-state index in [4.69, 9.17) is 0 Å². The molecule has 6 rings (SSSR count). The maximum Gasteiger partial charge on any atom is 0.119 e. The van der Waals surface area contributed by atoms with Crippen LogP contribution in [-0.4, -0.2) is 10.1 Å². The first-order valence-corrected chi connectivity index (χ1v) is 10.1. The van der Waals surface area contributed by atoms with Gasteiger partial charge in [0.1, 0.15) is 5.75 Å². The van der Waals surface area contributed by atoms with E-state index in [9.17, 15) is 5.11 Å². The summed E-state index contributed by atoms with van der Waals surface area (Å²) in [6.07, 6.45) is 14.1. The van der Waals surface area contributed by atoms with E-state index in [-0.39, 0.29) is 5.41 Å². The minimum Gasteiger partial charge on any atom is -0.508 e. The van der Waals surface area contributed by atoms with Gasteiger partial charge in [-0.1, -0.05) is 18.2 Å². The minimum atomic E-state index is 0.215. The van der Waals surface area contributed by atoms with Crippen molar-refractivity contribution in [2.45, 2.75) is 50.9 Å². The fraction of sp³-hybridized carbons (Fsp3) is 0.458. The molecule has 1 aromatic heterocycles. The van der Waals surface area contributed by atoms with Crippen LogP contribution in [0.1, 0.15) is 56.7 Å². The maximum atomic E-state index is 10.7. The standard InChI is InChI=1S/C24H27NO/c1-2-3-21-6-4-20(15-25-21)19-5-7-23(26)22(11-19)24-12-16-8-17(13-24)10-18(9-16)14-24/h2-7,11,15-18,26H,8-10,12-14H2,1H3/b3-2+. The molecule has 2 nitrogen and oxygen atoms in total. The molecule has 0 amide bonds. The molecule has 2 aromatic rings. The first-order valence-electron chi connectivity index (χ1n) is 10.1. The lowest BCUT2D eigenvalue weighted by atomic mass is 9.48. The van der Waals surface area contributed by atoms with Crippen LogP contribution in [-0.2, 0) is 5.41 Å². The van der Waals surface area contributed by atoms with E-state index < -0.39 is 0 Å². The van der Waals surface area contributed by atoms with E-state index in [2.05, 4.69) is 23.2 Å². The zero-order chi connectivity index (χ0) is 17.7. The van der Waals surface area contributed by atoms with Crippen LogP contribution in [0.4, 0.5) is 0 Å². The molecule has 1 aromatic carbocycles. The highest BCUT2D eigenvalue weighted by molar-refractivity contribution is 5.66. The second-order valence-corrected chi connectivity index (χ2v) is 8.90. The number of pyridine rings is 1. The zero-order valence-electron chi connectivity index (χ0n) is 15.5. The van der Waals surface area contributed by atoms with Crippen molar-refractivity contribution < 1.29 is 5.11 Å². The fourth-order valence-electron chi connectivity index (χ4n) is 6.43. The van der Waals surface area contributed by atoms with Crippen molar-refractivity contribution in [3.63, 3.8) is 0 Å². The normalized spacial score (nSPS) is 32.4. The lowest BCUT2D eigenvalue weighted by Crippen LogP contribution is -2.48. The van der Waals surface area contributed by atoms with Gasteiger partial charge in [0.25, 0.3) is 0 Å². The average Bonchev–Trinajstić information content (AvgIpc) is 2.62. The van der Waals surface area contributed by atoms with Gasteiger partial charge in [-0.15, -0.1) is 0 Å². The van der Waals surface area contributed by atoms with Gasteiger partial charge in [0.05, 0.1) is 5.69 Å². The van der Waals surface area contributed by atoms with E-state index in [0.29, 0.717) is 5.75 Å². The quantitative estimate of drug-likeness (QED) is 0.745. The van der Waals surface area contributed by atoms with Crippen LogP contribution in [0.2, 0.25) is 0 Å². The third-order valence-corrected chi connectivity index (χ3v) is 7.06. The molecular weight excluding hydrogens is 318 g/mol. The summed E-state index contributed by atoms with van der Waals surface area (Å²) >= 11 is 0. The molecule has 4 aliphatic rings. The van der Waals surface area contributed by atoms with Crippen molar-refractivity contribution in [1.82, 2.24) is 4.98 Å². The Kier molecular flexibility index (Phi) is 3.70. The molecule has 1 heterocycles. The number of aromatic nitrogens is 1. The SMILES string of the molecule is C/C=C/c1ccc(-c2ccc(O)c(C34CC5CC(CC(C5)C3)C4)c2)cn1. The van der Waals surface area contributed by atoms with E-state index in [1.165, 1.54) is 49.7 Å². The Morgan fingerprint density at radius 2 is 1.62 bits per heavy atom. The smallest absolute Gasteiger partial charge is 0.119 e. The average molecular weight is 345 g/mol. The molecule has 1 N–H and O–H groups in total. The summed E-state index contributed by atoms with van der Waals surface area (Å²) in [5.41, 5.74) is 4.70. The monoisotopic (exact) mass is 345 g/mol. The molecule has 4 aliphatic carbocycles. The second kappa shape index (κ2) is 5.97. The van der Waals surface area contributed by atoms with Crippen LogP contribution >= 0.6 is 0 Å². The van der Waals surface area contributed by atoms with Gasteiger partial charge >= 0.3 is 0 Å². The van der Waals surface area contributed by atoms with Crippen LogP contribution in [0.5, 0.6) is 5.75 Å². The van der Waals surface area contributed by atoms with E-state index >= 15 is 0 Å². The number of aromatic hydroxyl groups is 1. The molecule has 4 fully saturated rings. The van der Waals surface area contributed by atoms with Gasteiger partial charge in [-0.05, 0) is 98.5 Å². The lowest BCUT2D eigenvalue weighted by molar-refractivity contribution is -0.00611. The van der Waals surface area contributed by atoms with Gasteiger partial charge in [0.15, 0.2) is 0 Å². The first-order chi connectivity index (χ1) is 12.6. The molecule has 0 aliphatic heterocycles. The van der Waals surface area contributed by atoms with Crippen molar-refractivity contribution in [1.29, 1.82) is 0 Å². The van der Waals surface area contributed by atoms with Gasteiger partial charge in [-0.2, -0.15) is 0 Å². The Morgan fingerprint density at radius 3 is 2.19 bits per heavy atom. The van der Waals surface area contributed by atoms with Crippen LogP contribution in [0.25, 0.3) is 17.2 Å². The maximum absolute atomic E-state index is 10.7. The van der Waals surface area contributed by atoms with Gasteiger partial charge < -0.3 is 5.11 Å². The predicted molar refractivity (Wildman–Crippen MR) is 106 cm³/mol. The summed E-state index contributed by atoms with van der Waals surface area (Å²) in [6, 6.07) is 10.4. The third-order valence-electron chi connectivity index (χ3n) is 7.06. The molecule has 0 spiro atoms. The largest absolute Gasteiger partial charge is 0.508 e. The van der Waals surface area contributed by atoms with Crippen molar-refractivity contribution in [2.75, 3.05) is 0 Å². The van der Waals surface area contributed by atoms with Gasteiger partial charge in [-0.25, -0.2) is 0 Å². The number of hydrogen-bond acceptors (Lipinski definition) is 2. The molecule has 0 saturated heterocycles. The Balaban J connectivity index is 1.53.